The van der Waals surface area contributed by atoms with E-state index in [0.29, 0.717) is 19.7 Å². The van der Waals surface area contributed by atoms with Gasteiger partial charge in [-0.2, -0.15) is 0 Å². The lowest BCUT2D eigenvalue weighted by Gasteiger charge is -2.43. The zero-order valence-corrected chi connectivity index (χ0v) is 20.2. The fourth-order valence-corrected chi connectivity index (χ4v) is 3.86. The molecule has 0 aromatic heterocycles. The van der Waals surface area contributed by atoms with Gasteiger partial charge in [-0.15, -0.1) is 0 Å². The van der Waals surface area contributed by atoms with Gasteiger partial charge in [-0.3, -0.25) is 19.3 Å². The fraction of sp³-hybridized carbons (Fsp3) is 0.870. The van der Waals surface area contributed by atoms with Crippen LogP contribution in [0.25, 0.3) is 0 Å². The summed E-state index contributed by atoms with van der Waals surface area (Å²) < 4.78 is 22.4. The zero-order valence-electron chi connectivity index (χ0n) is 20.2. The predicted molar refractivity (Wildman–Crippen MR) is 118 cm³/mol. The Balaban J connectivity index is 2.66. The Labute approximate surface area is 191 Å². The van der Waals surface area contributed by atoms with Crippen molar-refractivity contribution in [3.8, 4) is 0 Å². The van der Waals surface area contributed by atoms with Gasteiger partial charge in [-0.25, -0.2) is 0 Å². The van der Waals surface area contributed by atoms with Gasteiger partial charge in [0, 0.05) is 20.4 Å². The third kappa shape index (κ3) is 10.7. The van der Waals surface area contributed by atoms with Crippen molar-refractivity contribution < 1.29 is 38.4 Å². The number of hydrogen-bond acceptors (Lipinski definition) is 8. The van der Waals surface area contributed by atoms with E-state index in [1.54, 1.807) is 0 Å². The van der Waals surface area contributed by atoms with E-state index >= 15 is 0 Å². The summed E-state index contributed by atoms with van der Waals surface area (Å²) in [6.07, 6.45) is 3.70. The van der Waals surface area contributed by atoms with Crippen molar-refractivity contribution in [1.29, 1.82) is 0 Å². The maximum atomic E-state index is 11.6. The molecule has 0 saturated carbocycles. The van der Waals surface area contributed by atoms with Crippen LogP contribution in [0.5, 0.6) is 0 Å². The maximum Gasteiger partial charge on any atom is 0.317 e. The number of carbonyl (C=O) groups is 3. The molecule has 0 aromatic carbocycles. The molecule has 0 aliphatic carbocycles. The summed E-state index contributed by atoms with van der Waals surface area (Å²) in [5, 5.41) is 9.21. The SMILES string of the molecule is CCCCCCCN(CCOC1C(OC(C)=O)OC(COC(C)=O)[C@@H](C)[C@@H]1C)CC(=O)O. The van der Waals surface area contributed by atoms with E-state index in [9.17, 15) is 19.5 Å². The highest BCUT2D eigenvalue weighted by Gasteiger charge is 2.44. The summed E-state index contributed by atoms with van der Waals surface area (Å²) >= 11 is 0. The molecule has 0 spiro atoms. The molecule has 9 nitrogen and oxygen atoms in total. The molecule has 1 N–H and O–H groups in total. The van der Waals surface area contributed by atoms with Gasteiger partial charge < -0.3 is 24.1 Å². The van der Waals surface area contributed by atoms with Crippen molar-refractivity contribution in [2.24, 2.45) is 11.8 Å². The van der Waals surface area contributed by atoms with E-state index in [2.05, 4.69) is 6.92 Å². The first-order valence-electron chi connectivity index (χ1n) is 11.7. The summed E-state index contributed by atoms with van der Waals surface area (Å²) in [5.41, 5.74) is 0. The van der Waals surface area contributed by atoms with Gasteiger partial charge in [0.25, 0.3) is 0 Å². The minimum absolute atomic E-state index is 0.000142. The molecule has 186 valence electrons. The maximum absolute atomic E-state index is 11.6. The monoisotopic (exact) mass is 459 g/mol. The van der Waals surface area contributed by atoms with Crippen LogP contribution in [-0.2, 0) is 33.3 Å². The highest BCUT2D eigenvalue weighted by molar-refractivity contribution is 5.69. The predicted octanol–water partition coefficient (Wildman–Crippen LogP) is 2.85. The van der Waals surface area contributed by atoms with E-state index in [-0.39, 0.29) is 25.0 Å². The number of unbranched alkanes of at least 4 members (excludes halogenated alkanes) is 4. The van der Waals surface area contributed by atoms with E-state index in [1.807, 2.05) is 18.7 Å². The fourth-order valence-electron chi connectivity index (χ4n) is 3.86. The molecular weight excluding hydrogens is 418 g/mol. The van der Waals surface area contributed by atoms with Gasteiger partial charge in [0.1, 0.15) is 12.7 Å². The summed E-state index contributed by atoms with van der Waals surface area (Å²) in [6.45, 7) is 10.2. The number of carboxylic acid groups (broad SMARTS) is 1. The first kappa shape index (κ1) is 28.3. The van der Waals surface area contributed by atoms with Gasteiger partial charge in [0.05, 0.1) is 19.3 Å². The Morgan fingerprint density at radius 3 is 2.25 bits per heavy atom. The number of carbonyl (C=O) groups excluding carboxylic acids is 2. The van der Waals surface area contributed by atoms with Crippen molar-refractivity contribution >= 4 is 17.9 Å². The summed E-state index contributed by atoms with van der Waals surface area (Å²) in [7, 11) is 0. The average Bonchev–Trinajstić information content (AvgIpc) is 2.70. The molecule has 1 aliphatic rings. The number of esters is 2. The van der Waals surface area contributed by atoms with Gasteiger partial charge in [0.15, 0.2) is 0 Å². The molecular formula is C23H41NO8. The Morgan fingerprint density at radius 1 is 0.969 bits per heavy atom. The summed E-state index contributed by atoms with van der Waals surface area (Å²) in [5.74, 6) is -1.79. The minimum Gasteiger partial charge on any atom is -0.480 e. The van der Waals surface area contributed by atoms with Crippen LogP contribution in [0.15, 0.2) is 0 Å². The van der Waals surface area contributed by atoms with Crippen LogP contribution in [-0.4, -0.2) is 79.3 Å². The second-order valence-corrected chi connectivity index (χ2v) is 8.59. The number of ether oxygens (including phenoxy) is 4. The van der Waals surface area contributed by atoms with E-state index in [4.69, 9.17) is 18.9 Å². The molecule has 0 aromatic rings. The van der Waals surface area contributed by atoms with E-state index in [0.717, 1.165) is 25.7 Å². The van der Waals surface area contributed by atoms with Crippen LogP contribution in [0.3, 0.4) is 0 Å². The normalized spacial score (nSPS) is 25.5. The van der Waals surface area contributed by atoms with E-state index in [1.165, 1.54) is 20.3 Å². The number of hydrogen-bond donors (Lipinski definition) is 1. The largest absolute Gasteiger partial charge is 0.480 e. The third-order valence-electron chi connectivity index (χ3n) is 5.90. The first-order valence-corrected chi connectivity index (χ1v) is 11.7. The van der Waals surface area contributed by atoms with Crippen molar-refractivity contribution in [1.82, 2.24) is 4.90 Å². The zero-order chi connectivity index (χ0) is 24.1. The van der Waals surface area contributed by atoms with Gasteiger partial charge in [-0.1, -0.05) is 46.5 Å². The molecule has 5 atom stereocenters. The van der Waals surface area contributed by atoms with Crippen LogP contribution in [0.2, 0.25) is 0 Å². The lowest BCUT2D eigenvalue weighted by atomic mass is 9.83. The lowest BCUT2D eigenvalue weighted by Crippen LogP contribution is -2.53. The summed E-state index contributed by atoms with van der Waals surface area (Å²) in [4.78, 5) is 35.9. The number of rotatable bonds is 15. The van der Waals surface area contributed by atoms with Crippen molar-refractivity contribution in [3.05, 3.63) is 0 Å². The quantitative estimate of drug-likeness (QED) is 0.292. The van der Waals surface area contributed by atoms with Gasteiger partial charge in [-0.05, 0) is 24.8 Å². The molecule has 0 radical (unpaired) electrons. The van der Waals surface area contributed by atoms with Crippen LogP contribution < -0.4 is 0 Å². The molecule has 0 bridgehead atoms. The Morgan fingerprint density at radius 2 is 1.66 bits per heavy atom. The third-order valence-corrected chi connectivity index (χ3v) is 5.90. The molecule has 1 saturated heterocycles. The molecule has 1 aliphatic heterocycles. The second-order valence-electron chi connectivity index (χ2n) is 8.59. The minimum atomic E-state index is -0.916. The molecule has 1 heterocycles. The van der Waals surface area contributed by atoms with Crippen molar-refractivity contribution in [2.75, 3.05) is 32.8 Å². The Kier molecular flexibility index (Phi) is 13.4. The second kappa shape index (κ2) is 15.2. The van der Waals surface area contributed by atoms with Crippen LogP contribution >= 0.6 is 0 Å². The first-order chi connectivity index (χ1) is 15.1. The van der Waals surface area contributed by atoms with Gasteiger partial charge in [0.2, 0.25) is 6.29 Å². The molecule has 32 heavy (non-hydrogen) atoms. The Bertz CT molecular complexity index is 584. The number of nitrogens with zero attached hydrogens (tertiary/aromatic N) is 1. The summed E-state index contributed by atoms with van der Waals surface area (Å²) in [6, 6.07) is 0. The molecule has 1 fully saturated rings. The standard InChI is InChI=1S/C23H41NO8/c1-6-7-8-9-10-11-24(14-21(27)28)12-13-29-22-17(3)16(2)20(15-30-18(4)25)32-23(22)31-19(5)26/h16-17,20,22-23H,6-15H2,1-5H3,(H,27,28)/t16-,17-,20?,22?,23?/m0/s1. The lowest BCUT2D eigenvalue weighted by molar-refractivity contribution is -0.276. The van der Waals surface area contributed by atoms with Crippen molar-refractivity contribution in [2.45, 2.75) is 85.2 Å². The van der Waals surface area contributed by atoms with Crippen LogP contribution in [0, 0.1) is 11.8 Å². The smallest absolute Gasteiger partial charge is 0.317 e. The highest BCUT2D eigenvalue weighted by atomic mass is 16.7. The average molecular weight is 460 g/mol. The Hall–Kier alpha value is -1.71. The van der Waals surface area contributed by atoms with Gasteiger partial charge >= 0.3 is 17.9 Å². The van der Waals surface area contributed by atoms with Crippen LogP contribution in [0.4, 0.5) is 0 Å². The number of aliphatic carboxylic acids is 1. The molecule has 9 heteroatoms. The van der Waals surface area contributed by atoms with Crippen LogP contribution in [0.1, 0.15) is 66.7 Å². The van der Waals surface area contributed by atoms with E-state index < -0.39 is 36.4 Å². The molecule has 3 unspecified atom stereocenters. The topological polar surface area (TPSA) is 112 Å². The van der Waals surface area contributed by atoms with Crippen molar-refractivity contribution in [3.63, 3.8) is 0 Å². The molecule has 1 rings (SSSR count). The number of carboxylic acids is 1. The molecule has 0 amide bonds. The highest BCUT2D eigenvalue weighted by Crippen LogP contribution is 2.33.